The fourth-order valence-electron chi connectivity index (χ4n) is 1.52. The van der Waals surface area contributed by atoms with E-state index in [4.69, 9.17) is 5.11 Å². The van der Waals surface area contributed by atoms with Gasteiger partial charge in [0.15, 0.2) is 0 Å². The first-order valence-corrected chi connectivity index (χ1v) is 6.10. The number of halogens is 2. The number of amides is 1. The van der Waals surface area contributed by atoms with Crippen LogP contribution in [0.25, 0.3) is 0 Å². The minimum absolute atomic E-state index is 0.350. The highest BCUT2D eigenvalue weighted by atomic mass is 19.1. The molecular formula is C13H16F2N2O3. The number of aromatic carboxylic acids is 1. The molecule has 1 rings (SSSR count). The van der Waals surface area contributed by atoms with Gasteiger partial charge in [0.1, 0.15) is 11.6 Å². The van der Waals surface area contributed by atoms with Crippen molar-refractivity contribution in [2.45, 2.75) is 13.8 Å². The highest BCUT2D eigenvalue weighted by molar-refractivity contribution is 5.95. The molecule has 1 atom stereocenters. The van der Waals surface area contributed by atoms with Crippen molar-refractivity contribution in [1.29, 1.82) is 0 Å². The maximum Gasteiger partial charge on any atom is 0.338 e. The summed E-state index contributed by atoms with van der Waals surface area (Å²) in [7, 11) is 0. The molecule has 1 unspecified atom stereocenters. The van der Waals surface area contributed by atoms with Gasteiger partial charge in [-0.05, 0) is 12.6 Å². The Morgan fingerprint density at radius 3 is 2.50 bits per heavy atom. The summed E-state index contributed by atoms with van der Waals surface area (Å²) in [6.45, 7) is 4.60. The zero-order valence-corrected chi connectivity index (χ0v) is 11.2. The molecule has 3 N–H and O–H groups in total. The Morgan fingerprint density at radius 2 is 1.95 bits per heavy atom. The predicted octanol–water partition coefficient (Wildman–Crippen LogP) is 1.85. The fraction of sp³-hybridized carbons (Fsp3) is 0.385. The molecule has 0 aliphatic heterocycles. The monoisotopic (exact) mass is 286 g/mol. The number of benzene rings is 1. The van der Waals surface area contributed by atoms with E-state index in [1.807, 2.05) is 6.92 Å². The summed E-state index contributed by atoms with van der Waals surface area (Å²) >= 11 is 0. The normalized spacial score (nSPS) is 12.0. The molecule has 0 aromatic heterocycles. The van der Waals surface area contributed by atoms with E-state index in [-0.39, 0.29) is 5.69 Å². The van der Waals surface area contributed by atoms with Crippen LogP contribution in [0.1, 0.15) is 24.2 Å². The van der Waals surface area contributed by atoms with Gasteiger partial charge >= 0.3 is 5.97 Å². The molecule has 5 nitrogen and oxygen atoms in total. The molecule has 1 aromatic rings. The van der Waals surface area contributed by atoms with Crippen LogP contribution in [0.5, 0.6) is 0 Å². The van der Waals surface area contributed by atoms with Crippen LogP contribution in [0.4, 0.5) is 14.5 Å². The molecule has 1 amide bonds. The minimum Gasteiger partial charge on any atom is -0.478 e. The molecule has 7 heteroatoms. The summed E-state index contributed by atoms with van der Waals surface area (Å²) in [5.41, 5.74) is -1.04. The van der Waals surface area contributed by atoms with Gasteiger partial charge in [0.2, 0.25) is 5.91 Å². The van der Waals surface area contributed by atoms with E-state index < -0.39 is 35.0 Å². The molecule has 1 aromatic carbocycles. The first-order valence-electron chi connectivity index (χ1n) is 6.10. The lowest BCUT2D eigenvalue weighted by Crippen LogP contribution is -2.30. The lowest BCUT2D eigenvalue weighted by atomic mass is 10.1. The molecule has 0 radical (unpaired) electrons. The lowest BCUT2D eigenvalue weighted by Gasteiger charge is -2.13. The SMILES string of the molecule is CCNCC(C)C(=O)Nc1cc(C(=O)O)c(F)cc1F. The maximum atomic E-state index is 13.5. The second kappa shape index (κ2) is 6.95. The predicted molar refractivity (Wildman–Crippen MR) is 69.7 cm³/mol. The maximum absolute atomic E-state index is 13.5. The van der Waals surface area contributed by atoms with Crippen molar-refractivity contribution >= 4 is 17.6 Å². The summed E-state index contributed by atoms with van der Waals surface area (Å²) in [5, 5.41) is 14.0. The Bertz CT molecular complexity index is 521. The number of hydrogen-bond acceptors (Lipinski definition) is 3. The molecule has 110 valence electrons. The van der Waals surface area contributed by atoms with Crippen LogP contribution in [0, 0.1) is 17.6 Å². The third kappa shape index (κ3) is 3.99. The van der Waals surface area contributed by atoms with E-state index in [1.54, 1.807) is 6.92 Å². The van der Waals surface area contributed by atoms with Gasteiger partial charge < -0.3 is 15.7 Å². The van der Waals surface area contributed by atoms with Crippen molar-refractivity contribution in [3.63, 3.8) is 0 Å². The summed E-state index contributed by atoms with van der Waals surface area (Å²) in [6.07, 6.45) is 0. The number of anilines is 1. The van der Waals surface area contributed by atoms with Crippen molar-refractivity contribution in [3.05, 3.63) is 29.3 Å². The molecule has 0 bridgehead atoms. The molecule has 0 fully saturated rings. The van der Waals surface area contributed by atoms with Gasteiger partial charge in [-0.1, -0.05) is 13.8 Å². The van der Waals surface area contributed by atoms with Gasteiger partial charge in [-0.25, -0.2) is 13.6 Å². The largest absolute Gasteiger partial charge is 0.478 e. The first kappa shape index (κ1) is 16.0. The van der Waals surface area contributed by atoms with Crippen molar-refractivity contribution in [3.8, 4) is 0 Å². The van der Waals surface area contributed by atoms with Gasteiger partial charge in [-0.15, -0.1) is 0 Å². The number of hydrogen-bond donors (Lipinski definition) is 3. The third-order valence-electron chi connectivity index (χ3n) is 2.69. The standard InChI is InChI=1S/C13H16F2N2O3/c1-3-16-6-7(2)12(18)17-11-4-8(13(19)20)9(14)5-10(11)15/h4-5,7,16H,3,6H2,1-2H3,(H,17,18)(H,19,20). The van der Waals surface area contributed by atoms with Crippen LogP contribution < -0.4 is 10.6 Å². The molecule has 0 saturated heterocycles. The molecule has 0 saturated carbocycles. The smallest absolute Gasteiger partial charge is 0.338 e. The van der Waals surface area contributed by atoms with Gasteiger partial charge in [0.25, 0.3) is 0 Å². The Labute approximate surface area is 115 Å². The molecule has 0 spiro atoms. The Kier molecular flexibility index (Phi) is 5.57. The van der Waals surface area contributed by atoms with Gasteiger partial charge in [-0.2, -0.15) is 0 Å². The average molecular weight is 286 g/mol. The van der Waals surface area contributed by atoms with E-state index in [2.05, 4.69) is 10.6 Å². The summed E-state index contributed by atoms with van der Waals surface area (Å²) < 4.78 is 26.7. The summed E-state index contributed by atoms with van der Waals surface area (Å²) in [6, 6.07) is 1.21. The number of carbonyl (C=O) groups is 2. The Morgan fingerprint density at radius 1 is 1.30 bits per heavy atom. The molecular weight excluding hydrogens is 270 g/mol. The van der Waals surface area contributed by atoms with E-state index in [0.29, 0.717) is 19.2 Å². The molecule has 0 aliphatic carbocycles. The topological polar surface area (TPSA) is 78.4 Å². The number of carboxylic acid groups (broad SMARTS) is 1. The number of rotatable bonds is 6. The quantitative estimate of drug-likeness (QED) is 0.745. The van der Waals surface area contributed by atoms with Gasteiger partial charge in [0, 0.05) is 18.5 Å². The van der Waals surface area contributed by atoms with E-state index >= 15 is 0 Å². The van der Waals surface area contributed by atoms with Crippen LogP contribution in [-0.4, -0.2) is 30.1 Å². The van der Waals surface area contributed by atoms with Gasteiger partial charge in [0.05, 0.1) is 11.3 Å². The van der Waals surface area contributed by atoms with Crippen molar-refractivity contribution in [1.82, 2.24) is 5.32 Å². The van der Waals surface area contributed by atoms with Crippen molar-refractivity contribution in [2.75, 3.05) is 18.4 Å². The van der Waals surface area contributed by atoms with Crippen molar-refractivity contribution in [2.24, 2.45) is 5.92 Å². The second-order valence-corrected chi connectivity index (χ2v) is 4.32. The van der Waals surface area contributed by atoms with E-state index in [9.17, 15) is 18.4 Å². The fourth-order valence-corrected chi connectivity index (χ4v) is 1.52. The number of carbonyl (C=O) groups excluding carboxylic acids is 1. The average Bonchev–Trinajstić information content (AvgIpc) is 2.38. The van der Waals surface area contributed by atoms with Crippen LogP contribution in [0.15, 0.2) is 12.1 Å². The molecule has 0 heterocycles. The Hall–Kier alpha value is -2.02. The highest BCUT2D eigenvalue weighted by Crippen LogP contribution is 2.20. The van der Waals surface area contributed by atoms with Crippen molar-refractivity contribution < 1.29 is 23.5 Å². The van der Waals surface area contributed by atoms with Crippen LogP contribution in [-0.2, 0) is 4.79 Å². The minimum atomic E-state index is -1.53. The lowest BCUT2D eigenvalue weighted by molar-refractivity contribution is -0.119. The number of carboxylic acids is 1. The zero-order chi connectivity index (χ0) is 15.3. The first-order chi connectivity index (χ1) is 9.36. The van der Waals surface area contributed by atoms with Crippen LogP contribution in [0.3, 0.4) is 0 Å². The van der Waals surface area contributed by atoms with Crippen LogP contribution >= 0.6 is 0 Å². The van der Waals surface area contributed by atoms with E-state index in [0.717, 1.165) is 6.07 Å². The zero-order valence-electron chi connectivity index (χ0n) is 11.2. The summed E-state index contributed by atoms with van der Waals surface area (Å²) in [5.74, 6) is -4.65. The van der Waals surface area contributed by atoms with E-state index in [1.165, 1.54) is 0 Å². The highest BCUT2D eigenvalue weighted by Gasteiger charge is 2.18. The van der Waals surface area contributed by atoms with Crippen LogP contribution in [0.2, 0.25) is 0 Å². The van der Waals surface area contributed by atoms with Gasteiger partial charge in [-0.3, -0.25) is 4.79 Å². The third-order valence-corrected chi connectivity index (χ3v) is 2.69. The number of nitrogens with one attached hydrogen (secondary N) is 2. The molecule has 20 heavy (non-hydrogen) atoms. The second-order valence-electron chi connectivity index (χ2n) is 4.32. The Balaban J connectivity index is 2.89. The summed E-state index contributed by atoms with van der Waals surface area (Å²) in [4.78, 5) is 22.5. The molecule has 0 aliphatic rings.